The van der Waals surface area contributed by atoms with Crippen molar-refractivity contribution in [2.45, 2.75) is 0 Å². The highest BCUT2D eigenvalue weighted by Crippen LogP contribution is 1.94. The SMILES string of the molecule is O=C(O)N(CCl)CBr. The normalized spacial score (nSPS) is 8.75. The van der Waals surface area contributed by atoms with Crippen molar-refractivity contribution >= 4 is 33.6 Å². The average Bonchev–Trinajstić information content (AvgIpc) is 1.69. The summed E-state index contributed by atoms with van der Waals surface area (Å²) in [5.74, 6) is 0. The van der Waals surface area contributed by atoms with Gasteiger partial charge in [-0.2, -0.15) is 0 Å². The highest BCUT2D eigenvalue weighted by Gasteiger charge is 2.05. The Balaban J connectivity index is 3.52. The van der Waals surface area contributed by atoms with Gasteiger partial charge in [0.05, 0.1) is 11.5 Å². The maximum absolute atomic E-state index is 9.97. The van der Waals surface area contributed by atoms with E-state index in [9.17, 15) is 4.79 Å². The van der Waals surface area contributed by atoms with Crippen LogP contribution in [0.1, 0.15) is 0 Å². The van der Waals surface area contributed by atoms with E-state index in [2.05, 4.69) is 15.9 Å². The molecule has 0 aromatic rings. The summed E-state index contributed by atoms with van der Waals surface area (Å²) in [6.45, 7) is 0. The van der Waals surface area contributed by atoms with Gasteiger partial charge in [-0.25, -0.2) is 4.79 Å². The Morgan fingerprint density at radius 2 is 2.38 bits per heavy atom. The van der Waals surface area contributed by atoms with Crippen molar-refractivity contribution in [1.29, 1.82) is 0 Å². The molecule has 0 unspecified atom stereocenters. The molecule has 0 aromatic heterocycles. The van der Waals surface area contributed by atoms with Crippen LogP contribution in [-0.4, -0.2) is 27.6 Å². The summed E-state index contributed by atoms with van der Waals surface area (Å²) in [4.78, 5) is 11.0. The van der Waals surface area contributed by atoms with E-state index in [-0.39, 0.29) is 11.5 Å². The largest absolute Gasteiger partial charge is 0.465 e. The molecule has 0 spiro atoms. The summed E-state index contributed by atoms with van der Waals surface area (Å²) in [6.07, 6.45) is -1.02. The van der Waals surface area contributed by atoms with Crippen LogP contribution in [0.5, 0.6) is 0 Å². The lowest BCUT2D eigenvalue weighted by molar-refractivity contribution is 0.161. The molecule has 0 aliphatic rings. The first-order valence-corrected chi connectivity index (χ1v) is 3.47. The third-order valence-electron chi connectivity index (χ3n) is 0.559. The number of halogens is 2. The number of nitrogens with zero attached hydrogens (tertiary/aromatic N) is 1. The molecule has 0 fully saturated rings. The third-order valence-corrected chi connectivity index (χ3v) is 1.45. The van der Waals surface area contributed by atoms with Gasteiger partial charge in [-0.3, -0.25) is 4.90 Å². The Morgan fingerprint density at radius 1 is 1.88 bits per heavy atom. The fraction of sp³-hybridized carbons (Fsp3) is 0.667. The van der Waals surface area contributed by atoms with Gasteiger partial charge in [0.25, 0.3) is 0 Å². The standard InChI is InChI=1S/C3H5BrClNO2/c4-1-6(2-5)3(7)8/h1-2H2,(H,7,8). The summed E-state index contributed by atoms with van der Waals surface area (Å²) in [6, 6.07) is 0.000579. The summed E-state index contributed by atoms with van der Waals surface area (Å²) in [7, 11) is 0. The Kier molecular flexibility index (Phi) is 3.99. The molecule has 0 saturated heterocycles. The Bertz CT molecular complexity index is 85.4. The van der Waals surface area contributed by atoms with Crippen LogP contribution >= 0.6 is 27.5 Å². The van der Waals surface area contributed by atoms with Gasteiger partial charge in [0.2, 0.25) is 0 Å². The minimum absolute atomic E-state index is 0.000579. The molecule has 1 N–H and O–H groups in total. The second-order valence-corrected chi connectivity index (χ2v) is 1.80. The third kappa shape index (κ3) is 2.37. The lowest BCUT2D eigenvalue weighted by atomic mass is 10.9. The average molecular weight is 202 g/mol. The number of alkyl halides is 2. The molecule has 3 nitrogen and oxygen atoms in total. The summed E-state index contributed by atoms with van der Waals surface area (Å²) in [5, 5.41) is 8.18. The molecule has 48 valence electrons. The number of carbonyl (C=O) groups is 1. The Morgan fingerprint density at radius 3 is 2.38 bits per heavy atom. The van der Waals surface area contributed by atoms with E-state index >= 15 is 0 Å². The predicted octanol–water partition coefficient (Wildman–Crippen LogP) is 1.52. The molecular formula is C3H5BrClNO2. The van der Waals surface area contributed by atoms with Gasteiger partial charge in [0, 0.05) is 0 Å². The van der Waals surface area contributed by atoms with E-state index in [1.54, 1.807) is 0 Å². The van der Waals surface area contributed by atoms with E-state index in [1.807, 2.05) is 0 Å². The fourth-order valence-electron chi connectivity index (χ4n) is 0.134. The van der Waals surface area contributed by atoms with Gasteiger partial charge in [-0.05, 0) is 0 Å². The van der Waals surface area contributed by atoms with Gasteiger partial charge in [0.1, 0.15) is 0 Å². The van der Waals surface area contributed by atoms with Crippen LogP contribution in [0, 0.1) is 0 Å². The second kappa shape index (κ2) is 3.97. The van der Waals surface area contributed by atoms with Crippen LogP contribution in [0.2, 0.25) is 0 Å². The lowest BCUT2D eigenvalue weighted by Gasteiger charge is -2.09. The maximum atomic E-state index is 9.97. The van der Waals surface area contributed by atoms with Crippen LogP contribution < -0.4 is 0 Å². The lowest BCUT2D eigenvalue weighted by Crippen LogP contribution is -2.26. The van der Waals surface area contributed by atoms with Gasteiger partial charge in [0.15, 0.2) is 0 Å². The van der Waals surface area contributed by atoms with Crippen molar-refractivity contribution in [1.82, 2.24) is 4.90 Å². The van der Waals surface area contributed by atoms with Crippen LogP contribution in [0.4, 0.5) is 4.79 Å². The topological polar surface area (TPSA) is 40.5 Å². The molecule has 0 saturated carbocycles. The number of hydrogen-bond acceptors (Lipinski definition) is 1. The first-order chi connectivity index (χ1) is 3.72. The molecule has 5 heteroatoms. The number of amides is 1. The second-order valence-electron chi connectivity index (χ2n) is 1.06. The summed E-state index contributed by atoms with van der Waals surface area (Å²) < 4.78 is 0. The molecule has 8 heavy (non-hydrogen) atoms. The first kappa shape index (κ1) is 8.04. The first-order valence-electron chi connectivity index (χ1n) is 1.82. The van der Waals surface area contributed by atoms with Crippen molar-refractivity contribution in [2.75, 3.05) is 11.5 Å². The molecule has 0 aliphatic heterocycles. The minimum Gasteiger partial charge on any atom is -0.465 e. The van der Waals surface area contributed by atoms with Crippen LogP contribution in [0.3, 0.4) is 0 Å². The minimum atomic E-state index is -1.02. The smallest absolute Gasteiger partial charge is 0.408 e. The van der Waals surface area contributed by atoms with E-state index in [0.717, 1.165) is 4.90 Å². The number of carboxylic acid groups (broad SMARTS) is 1. The summed E-state index contributed by atoms with van der Waals surface area (Å²) >= 11 is 8.11. The fourth-order valence-corrected chi connectivity index (χ4v) is 0.917. The van der Waals surface area contributed by atoms with Gasteiger partial charge >= 0.3 is 6.09 Å². The van der Waals surface area contributed by atoms with Gasteiger partial charge in [-0.1, -0.05) is 15.9 Å². The van der Waals surface area contributed by atoms with Crippen molar-refractivity contribution in [3.05, 3.63) is 0 Å². The Hall–Kier alpha value is 0.0400. The zero-order chi connectivity index (χ0) is 6.57. The van der Waals surface area contributed by atoms with Crippen LogP contribution in [0.25, 0.3) is 0 Å². The number of hydrogen-bond donors (Lipinski definition) is 1. The number of rotatable bonds is 2. The quantitative estimate of drug-likeness (QED) is 0.545. The van der Waals surface area contributed by atoms with Crippen molar-refractivity contribution in [3.8, 4) is 0 Å². The van der Waals surface area contributed by atoms with Crippen molar-refractivity contribution < 1.29 is 9.90 Å². The van der Waals surface area contributed by atoms with Gasteiger partial charge in [-0.15, -0.1) is 11.6 Å². The molecule has 1 amide bonds. The molecule has 0 aliphatic carbocycles. The predicted molar refractivity (Wildman–Crippen MR) is 34.4 cm³/mol. The zero-order valence-corrected chi connectivity index (χ0v) is 6.31. The summed E-state index contributed by atoms with van der Waals surface area (Å²) in [5.41, 5.74) is 0.256. The molecule has 0 atom stereocenters. The van der Waals surface area contributed by atoms with E-state index in [1.165, 1.54) is 0 Å². The molecule has 0 bridgehead atoms. The molecule has 0 rings (SSSR count). The molecule has 0 radical (unpaired) electrons. The highest BCUT2D eigenvalue weighted by atomic mass is 79.9. The zero-order valence-electron chi connectivity index (χ0n) is 3.97. The van der Waals surface area contributed by atoms with E-state index in [4.69, 9.17) is 16.7 Å². The molecule has 0 heterocycles. The molecular weight excluding hydrogens is 197 g/mol. The van der Waals surface area contributed by atoms with Gasteiger partial charge < -0.3 is 5.11 Å². The maximum Gasteiger partial charge on any atom is 0.408 e. The van der Waals surface area contributed by atoms with E-state index < -0.39 is 6.09 Å². The van der Waals surface area contributed by atoms with Crippen molar-refractivity contribution in [2.24, 2.45) is 0 Å². The van der Waals surface area contributed by atoms with Crippen LogP contribution in [0.15, 0.2) is 0 Å². The van der Waals surface area contributed by atoms with Crippen molar-refractivity contribution in [3.63, 3.8) is 0 Å². The highest BCUT2D eigenvalue weighted by molar-refractivity contribution is 9.09. The Labute approximate surface area is 60.4 Å². The monoisotopic (exact) mass is 201 g/mol. The van der Waals surface area contributed by atoms with Crippen LogP contribution in [-0.2, 0) is 0 Å². The van der Waals surface area contributed by atoms with E-state index in [0.29, 0.717) is 0 Å². The molecule has 0 aromatic carbocycles.